The maximum Gasteiger partial charge on any atom is 0.255 e. The molecule has 1 saturated heterocycles. The zero-order valence-corrected chi connectivity index (χ0v) is 16.6. The molecule has 0 atom stereocenters. The summed E-state index contributed by atoms with van der Waals surface area (Å²) in [6.45, 7) is 1.31. The van der Waals surface area contributed by atoms with Crippen molar-refractivity contribution in [3.63, 3.8) is 0 Å². The number of fused-ring (bicyclic) bond motifs is 1. The highest BCUT2D eigenvalue weighted by Crippen LogP contribution is 2.35. The van der Waals surface area contributed by atoms with Gasteiger partial charge >= 0.3 is 0 Å². The Morgan fingerprint density at radius 3 is 2.74 bits per heavy atom. The minimum atomic E-state index is -0.399. The number of hydrogen-bond donors (Lipinski definition) is 1. The van der Waals surface area contributed by atoms with Crippen LogP contribution in [0.15, 0.2) is 47.1 Å². The molecule has 1 amide bonds. The number of halogens is 2. The van der Waals surface area contributed by atoms with E-state index >= 15 is 0 Å². The Labute approximate surface area is 165 Å². The first-order chi connectivity index (χ1) is 13.1. The highest BCUT2D eigenvalue weighted by molar-refractivity contribution is 9.10. The van der Waals surface area contributed by atoms with E-state index < -0.39 is 5.82 Å². The minimum Gasteiger partial charge on any atom is -0.497 e. The van der Waals surface area contributed by atoms with Gasteiger partial charge in [-0.2, -0.15) is 0 Å². The van der Waals surface area contributed by atoms with Crippen LogP contribution in [0.25, 0.3) is 10.9 Å². The largest absolute Gasteiger partial charge is 0.497 e. The third-order valence-corrected chi connectivity index (χ3v) is 5.99. The fourth-order valence-corrected chi connectivity index (χ4v) is 4.23. The van der Waals surface area contributed by atoms with Crippen LogP contribution in [0.5, 0.6) is 5.75 Å². The Balaban J connectivity index is 1.51. The van der Waals surface area contributed by atoms with Crippen molar-refractivity contribution in [2.75, 3.05) is 20.2 Å². The number of rotatable bonds is 3. The predicted octanol–water partition coefficient (Wildman–Crippen LogP) is 5.10. The van der Waals surface area contributed by atoms with E-state index in [1.165, 1.54) is 23.1 Å². The van der Waals surface area contributed by atoms with Gasteiger partial charge in [-0.3, -0.25) is 4.79 Å². The summed E-state index contributed by atoms with van der Waals surface area (Å²) in [5.74, 6) is 0.697. The van der Waals surface area contributed by atoms with E-state index in [1.807, 2.05) is 17.0 Å². The lowest BCUT2D eigenvalue weighted by molar-refractivity contribution is 0.0712. The molecule has 27 heavy (non-hydrogen) atoms. The standard InChI is InChI=1S/C21H20BrFN2O2/c1-27-15-3-5-20-16(11-15)18(12-24-20)13-6-8-25(9-7-13)21(26)17-10-14(23)2-4-19(17)22/h2-5,10-13,24H,6-9H2,1H3. The molecule has 1 aliphatic heterocycles. The lowest BCUT2D eigenvalue weighted by Crippen LogP contribution is -2.38. The molecule has 2 heterocycles. The van der Waals surface area contributed by atoms with Crippen LogP contribution in [0.1, 0.15) is 34.7 Å². The summed E-state index contributed by atoms with van der Waals surface area (Å²) in [6.07, 6.45) is 3.82. The van der Waals surface area contributed by atoms with E-state index in [4.69, 9.17) is 4.74 Å². The summed E-state index contributed by atoms with van der Waals surface area (Å²) in [7, 11) is 1.67. The molecule has 6 heteroatoms. The molecule has 0 radical (unpaired) electrons. The first-order valence-corrected chi connectivity index (χ1v) is 9.75. The average Bonchev–Trinajstić information content (AvgIpc) is 3.12. The average molecular weight is 431 g/mol. The van der Waals surface area contributed by atoms with Crippen LogP contribution in [0, 0.1) is 5.82 Å². The summed E-state index contributed by atoms with van der Waals surface area (Å²) in [5.41, 5.74) is 2.74. The molecule has 2 aromatic carbocycles. The van der Waals surface area contributed by atoms with E-state index in [1.54, 1.807) is 13.2 Å². The number of likely N-dealkylation sites (tertiary alicyclic amines) is 1. The van der Waals surface area contributed by atoms with Gasteiger partial charge in [-0.05, 0) is 76.7 Å². The zero-order chi connectivity index (χ0) is 19.0. The number of ether oxygens (including phenoxy) is 1. The maximum atomic E-state index is 13.5. The second-order valence-corrected chi connectivity index (χ2v) is 7.70. The van der Waals surface area contributed by atoms with Crippen molar-refractivity contribution >= 4 is 32.7 Å². The maximum absolute atomic E-state index is 13.5. The van der Waals surface area contributed by atoms with E-state index in [0.29, 0.717) is 29.0 Å². The highest BCUT2D eigenvalue weighted by Gasteiger charge is 2.27. The van der Waals surface area contributed by atoms with Gasteiger partial charge in [-0.25, -0.2) is 4.39 Å². The second kappa shape index (κ2) is 7.35. The smallest absolute Gasteiger partial charge is 0.255 e. The van der Waals surface area contributed by atoms with Gasteiger partial charge in [-0.1, -0.05) is 0 Å². The van der Waals surface area contributed by atoms with E-state index in [0.717, 1.165) is 24.1 Å². The number of carbonyl (C=O) groups excluding carboxylic acids is 1. The summed E-state index contributed by atoms with van der Waals surface area (Å²) in [5, 5.41) is 1.17. The van der Waals surface area contributed by atoms with Gasteiger partial charge in [0.15, 0.2) is 0 Å². The molecule has 0 unspecified atom stereocenters. The molecule has 0 spiro atoms. The zero-order valence-electron chi connectivity index (χ0n) is 15.0. The van der Waals surface area contributed by atoms with Crippen molar-refractivity contribution in [3.8, 4) is 5.75 Å². The third-order valence-electron chi connectivity index (χ3n) is 5.30. The number of nitrogens with one attached hydrogen (secondary N) is 1. The molecule has 1 aliphatic rings. The number of carbonyl (C=O) groups is 1. The van der Waals surface area contributed by atoms with Gasteiger partial charge in [0, 0.05) is 34.7 Å². The minimum absolute atomic E-state index is 0.125. The molecule has 0 bridgehead atoms. The number of amides is 1. The lowest BCUT2D eigenvalue weighted by atomic mass is 9.89. The summed E-state index contributed by atoms with van der Waals surface area (Å²) in [6, 6.07) is 10.2. The molecule has 0 saturated carbocycles. The van der Waals surface area contributed by atoms with Gasteiger partial charge in [-0.15, -0.1) is 0 Å². The molecule has 1 aromatic heterocycles. The summed E-state index contributed by atoms with van der Waals surface area (Å²) < 4.78 is 19.5. The molecule has 4 nitrogen and oxygen atoms in total. The Kier molecular flexibility index (Phi) is 4.91. The molecule has 1 N–H and O–H groups in total. The van der Waals surface area contributed by atoms with Crippen molar-refractivity contribution in [1.29, 1.82) is 0 Å². The van der Waals surface area contributed by atoms with E-state index in [9.17, 15) is 9.18 Å². The van der Waals surface area contributed by atoms with Gasteiger partial charge in [0.05, 0.1) is 12.7 Å². The van der Waals surface area contributed by atoms with Crippen molar-refractivity contribution in [1.82, 2.24) is 9.88 Å². The SMILES string of the molecule is COc1ccc2[nH]cc(C3CCN(C(=O)c4cc(F)ccc4Br)CC3)c2c1. The van der Waals surface area contributed by atoms with Gasteiger partial charge in [0.2, 0.25) is 0 Å². The monoisotopic (exact) mass is 430 g/mol. The molecule has 0 aliphatic carbocycles. The summed E-state index contributed by atoms with van der Waals surface area (Å²) in [4.78, 5) is 17.9. The number of H-pyrrole nitrogens is 1. The van der Waals surface area contributed by atoms with Crippen molar-refractivity contribution in [2.45, 2.75) is 18.8 Å². The van der Waals surface area contributed by atoms with Crippen LogP contribution < -0.4 is 4.74 Å². The van der Waals surface area contributed by atoms with Gasteiger partial charge < -0.3 is 14.6 Å². The van der Waals surface area contributed by atoms with Crippen LogP contribution in [-0.4, -0.2) is 36.0 Å². The van der Waals surface area contributed by atoms with Gasteiger partial charge in [0.25, 0.3) is 5.91 Å². The molecular weight excluding hydrogens is 411 g/mol. The Morgan fingerprint density at radius 2 is 2.00 bits per heavy atom. The number of hydrogen-bond acceptors (Lipinski definition) is 2. The number of nitrogens with zero attached hydrogens (tertiary/aromatic N) is 1. The molecule has 140 valence electrons. The molecule has 4 rings (SSSR count). The first-order valence-electron chi connectivity index (χ1n) is 8.96. The number of methoxy groups -OCH3 is 1. The predicted molar refractivity (Wildman–Crippen MR) is 107 cm³/mol. The first kappa shape index (κ1) is 18.0. The number of piperidine rings is 1. The van der Waals surface area contributed by atoms with Crippen LogP contribution in [-0.2, 0) is 0 Å². The van der Waals surface area contributed by atoms with Crippen LogP contribution >= 0.6 is 15.9 Å². The highest BCUT2D eigenvalue weighted by atomic mass is 79.9. The van der Waals surface area contributed by atoms with Crippen molar-refractivity contribution in [2.24, 2.45) is 0 Å². The number of aromatic nitrogens is 1. The summed E-state index contributed by atoms with van der Waals surface area (Å²) >= 11 is 3.35. The fourth-order valence-electron chi connectivity index (χ4n) is 3.81. The van der Waals surface area contributed by atoms with E-state index in [-0.39, 0.29) is 5.91 Å². The van der Waals surface area contributed by atoms with Crippen LogP contribution in [0.4, 0.5) is 4.39 Å². The lowest BCUT2D eigenvalue weighted by Gasteiger charge is -2.32. The Hall–Kier alpha value is -2.34. The van der Waals surface area contributed by atoms with Crippen LogP contribution in [0.2, 0.25) is 0 Å². The molecule has 3 aromatic rings. The topological polar surface area (TPSA) is 45.3 Å². The second-order valence-electron chi connectivity index (χ2n) is 6.85. The van der Waals surface area contributed by atoms with Crippen molar-refractivity contribution < 1.29 is 13.9 Å². The van der Waals surface area contributed by atoms with Crippen molar-refractivity contribution in [3.05, 3.63) is 64.0 Å². The normalized spacial score (nSPS) is 15.3. The number of benzene rings is 2. The third kappa shape index (κ3) is 3.46. The molecule has 1 fully saturated rings. The Bertz CT molecular complexity index is 993. The Morgan fingerprint density at radius 1 is 1.22 bits per heavy atom. The molecular formula is C21H20BrFN2O2. The van der Waals surface area contributed by atoms with Crippen LogP contribution in [0.3, 0.4) is 0 Å². The number of aromatic amines is 1. The van der Waals surface area contributed by atoms with E-state index in [2.05, 4.69) is 33.2 Å². The van der Waals surface area contributed by atoms with Gasteiger partial charge in [0.1, 0.15) is 11.6 Å². The fraction of sp³-hybridized carbons (Fsp3) is 0.286. The quantitative estimate of drug-likeness (QED) is 0.628.